The summed E-state index contributed by atoms with van der Waals surface area (Å²) in [5, 5.41) is 0. The van der Waals surface area contributed by atoms with E-state index < -0.39 is 28.6 Å². The number of benzene rings is 1. The number of sulfonamides is 1. The fraction of sp³-hybridized carbons (Fsp3) is 0.556. The van der Waals surface area contributed by atoms with Crippen LogP contribution in [0.15, 0.2) is 29.2 Å². The number of carbonyl (C=O) groups excluding carboxylic acids is 2. The van der Waals surface area contributed by atoms with E-state index in [4.69, 9.17) is 9.47 Å². The lowest BCUT2D eigenvalue weighted by atomic mass is 10.0. The maximum Gasteiger partial charge on any atom is 0.344 e. The topological polar surface area (TPSA) is 90.0 Å². The van der Waals surface area contributed by atoms with Crippen molar-refractivity contribution in [3.8, 4) is 0 Å². The van der Waals surface area contributed by atoms with Crippen LogP contribution < -0.4 is 0 Å². The lowest BCUT2D eigenvalue weighted by molar-refractivity contribution is -0.150. The number of nitrogens with zero attached hydrogens (tertiary/aromatic N) is 1. The van der Waals surface area contributed by atoms with Crippen LogP contribution in [0.1, 0.15) is 44.0 Å². The fourth-order valence-electron chi connectivity index (χ4n) is 2.64. The van der Waals surface area contributed by atoms with E-state index in [0.717, 1.165) is 12.8 Å². The summed E-state index contributed by atoms with van der Waals surface area (Å²) in [6, 6.07) is 5.54. The Morgan fingerprint density at radius 3 is 2.27 bits per heavy atom. The molecular formula is C18H25NO6S. The SMILES string of the molecule is CC1CCN(S(=O)(=O)c2ccc(C(=O)OCC(=O)OC(C)C)cc2)CC1. The number of ether oxygens (including phenoxy) is 2. The van der Waals surface area contributed by atoms with E-state index in [1.807, 2.05) is 0 Å². The maximum absolute atomic E-state index is 12.6. The summed E-state index contributed by atoms with van der Waals surface area (Å²) in [6.07, 6.45) is 1.40. The van der Waals surface area contributed by atoms with Crippen molar-refractivity contribution < 1.29 is 27.5 Å². The third-order valence-electron chi connectivity index (χ3n) is 4.16. The Bertz CT molecular complexity index is 733. The molecule has 0 amide bonds. The molecule has 7 nitrogen and oxygen atoms in total. The quantitative estimate of drug-likeness (QED) is 0.700. The van der Waals surface area contributed by atoms with Crippen LogP contribution in [0.5, 0.6) is 0 Å². The minimum absolute atomic E-state index is 0.142. The first-order valence-electron chi connectivity index (χ1n) is 8.67. The molecule has 0 aliphatic carbocycles. The Morgan fingerprint density at radius 2 is 1.73 bits per heavy atom. The van der Waals surface area contributed by atoms with Crippen molar-refractivity contribution in [1.29, 1.82) is 0 Å². The maximum atomic E-state index is 12.6. The second kappa shape index (κ2) is 8.64. The first-order valence-corrected chi connectivity index (χ1v) is 10.1. The van der Waals surface area contributed by atoms with Crippen LogP contribution in [0.4, 0.5) is 0 Å². The van der Waals surface area contributed by atoms with Crippen LogP contribution in [0.2, 0.25) is 0 Å². The largest absolute Gasteiger partial charge is 0.460 e. The van der Waals surface area contributed by atoms with Crippen molar-refractivity contribution in [1.82, 2.24) is 4.31 Å². The van der Waals surface area contributed by atoms with Crippen LogP contribution in [0.3, 0.4) is 0 Å². The van der Waals surface area contributed by atoms with Gasteiger partial charge in [0.15, 0.2) is 6.61 Å². The Balaban J connectivity index is 1.99. The van der Waals surface area contributed by atoms with Gasteiger partial charge in [0.1, 0.15) is 0 Å². The highest BCUT2D eigenvalue weighted by Crippen LogP contribution is 2.23. The summed E-state index contributed by atoms with van der Waals surface area (Å²) in [5.74, 6) is -0.811. The molecule has 1 fully saturated rings. The molecule has 1 aromatic rings. The van der Waals surface area contributed by atoms with Gasteiger partial charge in [-0.1, -0.05) is 6.92 Å². The molecule has 1 aromatic carbocycles. The summed E-state index contributed by atoms with van der Waals surface area (Å²) in [5.41, 5.74) is 0.175. The molecule has 0 radical (unpaired) electrons. The lowest BCUT2D eigenvalue weighted by Gasteiger charge is -2.29. The minimum atomic E-state index is -3.56. The monoisotopic (exact) mass is 383 g/mol. The van der Waals surface area contributed by atoms with Crippen molar-refractivity contribution >= 4 is 22.0 Å². The zero-order valence-electron chi connectivity index (χ0n) is 15.3. The smallest absolute Gasteiger partial charge is 0.344 e. The number of rotatable bonds is 6. The third-order valence-corrected chi connectivity index (χ3v) is 6.07. The van der Waals surface area contributed by atoms with E-state index in [1.165, 1.54) is 28.6 Å². The van der Waals surface area contributed by atoms with Crippen molar-refractivity contribution in [2.75, 3.05) is 19.7 Å². The summed E-state index contributed by atoms with van der Waals surface area (Å²) in [7, 11) is -3.56. The lowest BCUT2D eigenvalue weighted by Crippen LogP contribution is -2.37. The Kier molecular flexibility index (Phi) is 6.77. The van der Waals surface area contributed by atoms with E-state index in [2.05, 4.69) is 6.92 Å². The molecule has 0 atom stereocenters. The molecule has 1 aliphatic heterocycles. The van der Waals surface area contributed by atoms with Gasteiger partial charge in [-0.15, -0.1) is 0 Å². The van der Waals surface area contributed by atoms with Crippen molar-refractivity contribution in [2.45, 2.75) is 44.6 Å². The van der Waals surface area contributed by atoms with Gasteiger partial charge in [-0.05, 0) is 56.9 Å². The molecular weight excluding hydrogens is 358 g/mol. The predicted octanol–water partition coefficient (Wildman–Crippen LogP) is 2.22. The zero-order chi connectivity index (χ0) is 19.3. The zero-order valence-corrected chi connectivity index (χ0v) is 16.1. The molecule has 1 saturated heterocycles. The van der Waals surface area contributed by atoms with Crippen LogP contribution in [-0.2, 0) is 24.3 Å². The van der Waals surface area contributed by atoms with Crippen LogP contribution >= 0.6 is 0 Å². The van der Waals surface area contributed by atoms with Gasteiger partial charge in [-0.2, -0.15) is 4.31 Å². The van der Waals surface area contributed by atoms with Crippen LogP contribution in [0.25, 0.3) is 0 Å². The standard InChI is InChI=1S/C18H25NO6S/c1-13(2)25-17(20)12-24-18(21)15-4-6-16(7-5-15)26(22,23)19-10-8-14(3)9-11-19/h4-7,13-14H,8-12H2,1-3H3. The van der Waals surface area contributed by atoms with E-state index in [1.54, 1.807) is 13.8 Å². The molecule has 0 saturated carbocycles. The predicted molar refractivity (Wildman–Crippen MR) is 95.1 cm³/mol. The molecule has 26 heavy (non-hydrogen) atoms. The number of carbonyl (C=O) groups is 2. The van der Waals surface area contributed by atoms with E-state index in [9.17, 15) is 18.0 Å². The molecule has 1 aliphatic rings. The van der Waals surface area contributed by atoms with Gasteiger partial charge in [0.2, 0.25) is 10.0 Å². The van der Waals surface area contributed by atoms with Crippen molar-refractivity contribution in [3.05, 3.63) is 29.8 Å². The van der Waals surface area contributed by atoms with Gasteiger partial charge >= 0.3 is 11.9 Å². The molecule has 0 unspecified atom stereocenters. The van der Waals surface area contributed by atoms with Crippen LogP contribution in [0, 0.1) is 5.92 Å². The average molecular weight is 383 g/mol. The summed E-state index contributed by atoms with van der Waals surface area (Å²) >= 11 is 0. The highest BCUT2D eigenvalue weighted by Gasteiger charge is 2.28. The summed E-state index contributed by atoms with van der Waals surface area (Å²) in [4.78, 5) is 23.5. The second-order valence-corrected chi connectivity index (χ2v) is 8.66. The number of esters is 2. The first kappa shape index (κ1) is 20.4. The van der Waals surface area contributed by atoms with Gasteiger partial charge in [0.25, 0.3) is 0 Å². The summed E-state index contributed by atoms with van der Waals surface area (Å²) < 4.78 is 36.5. The number of piperidine rings is 1. The van der Waals surface area contributed by atoms with E-state index >= 15 is 0 Å². The average Bonchev–Trinajstić information content (AvgIpc) is 2.59. The van der Waals surface area contributed by atoms with Crippen molar-refractivity contribution in [2.24, 2.45) is 5.92 Å². The van der Waals surface area contributed by atoms with Gasteiger partial charge in [0.05, 0.1) is 16.6 Å². The fourth-order valence-corrected chi connectivity index (χ4v) is 4.11. The molecule has 2 rings (SSSR count). The van der Waals surface area contributed by atoms with Gasteiger partial charge in [-0.3, -0.25) is 0 Å². The molecule has 0 aromatic heterocycles. The molecule has 8 heteroatoms. The molecule has 0 N–H and O–H groups in total. The van der Waals surface area contributed by atoms with Gasteiger partial charge < -0.3 is 9.47 Å². The van der Waals surface area contributed by atoms with Gasteiger partial charge in [-0.25, -0.2) is 18.0 Å². The highest BCUT2D eigenvalue weighted by atomic mass is 32.2. The first-order chi connectivity index (χ1) is 12.2. The van der Waals surface area contributed by atoms with Gasteiger partial charge in [0, 0.05) is 13.1 Å². The Hall–Kier alpha value is -1.93. The van der Waals surface area contributed by atoms with Crippen molar-refractivity contribution in [3.63, 3.8) is 0 Å². The van der Waals surface area contributed by atoms with Crippen LogP contribution in [-0.4, -0.2) is 50.5 Å². The second-order valence-electron chi connectivity index (χ2n) is 6.73. The van der Waals surface area contributed by atoms with E-state index in [0.29, 0.717) is 19.0 Å². The third kappa shape index (κ3) is 5.28. The molecule has 144 valence electrons. The van der Waals surface area contributed by atoms with E-state index in [-0.39, 0.29) is 16.6 Å². The minimum Gasteiger partial charge on any atom is -0.460 e. The summed E-state index contributed by atoms with van der Waals surface area (Å²) in [6.45, 7) is 6.03. The Labute approximate surface area is 154 Å². The molecule has 0 spiro atoms. The molecule has 0 bridgehead atoms. The Morgan fingerprint density at radius 1 is 1.15 bits per heavy atom. The highest BCUT2D eigenvalue weighted by molar-refractivity contribution is 7.89. The normalized spacial score (nSPS) is 16.5. The molecule has 1 heterocycles. The number of hydrogen-bond acceptors (Lipinski definition) is 6. The number of hydrogen-bond donors (Lipinski definition) is 0.